The Morgan fingerprint density at radius 2 is 2.11 bits per heavy atom. The second-order valence-corrected chi connectivity index (χ2v) is 6.31. The molecule has 1 aliphatic heterocycles. The fourth-order valence-electron chi connectivity index (χ4n) is 3.50. The summed E-state index contributed by atoms with van der Waals surface area (Å²) in [6.45, 7) is 7.76. The predicted octanol–water partition coefficient (Wildman–Crippen LogP) is 3.18. The molecule has 1 heterocycles. The van der Waals surface area contributed by atoms with Gasteiger partial charge in [0.25, 0.3) is 0 Å². The maximum atomic E-state index is 6.14. The van der Waals surface area contributed by atoms with Gasteiger partial charge in [0.2, 0.25) is 0 Å². The Morgan fingerprint density at radius 3 is 2.89 bits per heavy atom. The van der Waals surface area contributed by atoms with E-state index in [1.54, 1.807) is 0 Å². The van der Waals surface area contributed by atoms with E-state index in [9.17, 15) is 0 Å². The molecule has 0 bridgehead atoms. The average Bonchev–Trinajstić information content (AvgIpc) is 2.38. The van der Waals surface area contributed by atoms with Gasteiger partial charge in [-0.1, -0.05) is 45.0 Å². The Hall–Kier alpha value is -0.860. The van der Waals surface area contributed by atoms with Crippen LogP contribution in [-0.2, 0) is 10.2 Å². The maximum absolute atomic E-state index is 6.14. The summed E-state index contributed by atoms with van der Waals surface area (Å²) in [5.41, 5.74) is 3.09. The molecule has 1 aromatic carbocycles. The quantitative estimate of drug-likeness (QED) is 0.820. The van der Waals surface area contributed by atoms with Gasteiger partial charge in [0.05, 0.1) is 12.7 Å². The summed E-state index contributed by atoms with van der Waals surface area (Å²) in [5, 5.41) is 3.78. The minimum absolute atomic E-state index is 0.240. The third-order valence-corrected chi connectivity index (χ3v) is 4.51. The molecular formula is C16H23NO. The summed E-state index contributed by atoms with van der Waals surface area (Å²) in [5.74, 6) is 0. The van der Waals surface area contributed by atoms with Crippen molar-refractivity contribution in [1.82, 2.24) is 5.32 Å². The van der Waals surface area contributed by atoms with E-state index in [1.807, 2.05) is 0 Å². The van der Waals surface area contributed by atoms with Crippen molar-refractivity contribution in [2.75, 3.05) is 6.61 Å². The Morgan fingerprint density at radius 1 is 1.33 bits per heavy atom. The minimum atomic E-state index is 0.240. The smallest absolute Gasteiger partial charge is 0.0981 e. The van der Waals surface area contributed by atoms with Crippen molar-refractivity contribution in [3.05, 3.63) is 35.4 Å². The molecule has 1 N–H and O–H groups in total. The second-order valence-electron chi connectivity index (χ2n) is 6.31. The third kappa shape index (κ3) is 1.88. The maximum Gasteiger partial charge on any atom is 0.0981 e. The van der Waals surface area contributed by atoms with E-state index in [4.69, 9.17) is 4.74 Å². The Balaban J connectivity index is 1.97. The molecule has 2 aliphatic rings. The molecule has 2 nitrogen and oxygen atoms in total. The molecule has 0 radical (unpaired) electrons. The molecule has 3 atom stereocenters. The summed E-state index contributed by atoms with van der Waals surface area (Å²) in [4.78, 5) is 0. The van der Waals surface area contributed by atoms with E-state index in [-0.39, 0.29) is 11.5 Å². The summed E-state index contributed by atoms with van der Waals surface area (Å²) in [7, 11) is 0. The van der Waals surface area contributed by atoms with Crippen LogP contribution in [0.25, 0.3) is 0 Å². The van der Waals surface area contributed by atoms with Crippen LogP contribution in [0.1, 0.15) is 50.8 Å². The van der Waals surface area contributed by atoms with Gasteiger partial charge in [-0.3, -0.25) is 0 Å². The Labute approximate surface area is 110 Å². The zero-order valence-electron chi connectivity index (χ0n) is 11.6. The number of hydrogen-bond acceptors (Lipinski definition) is 2. The molecular weight excluding hydrogens is 222 g/mol. The van der Waals surface area contributed by atoms with Gasteiger partial charge in [0, 0.05) is 12.1 Å². The highest BCUT2D eigenvalue weighted by molar-refractivity contribution is 5.39. The van der Waals surface area contributed by atoms with Crippen molar-refractivity contribution in [2.24, 2.45) is 0 Å². The number of benzene rings is 1. The molecule has 98 valence electrons. The minimum Gasteiger partial charge on any atom is -0.370 e. The molecule has 1 aliphatic carbocycles. The lowest BCUT2D eigenvalue weighted by Crippen LogP contribution is -2.54. The molecule has 0 aromatic heterocycles. The van der Waals surface area contributed by atoms with Crippen LogP contribution in [0, 0.1) is 0 Å². The number of nitrogens with one attached hydrogen (secondary N) is 1. The van der Waals surface area contributed by atoms with E-state index in [0.29, 0.717) is 12.1 Å². The van der Waals surface area contributed by atoms with Gasteiger partial charge < -0.3 is 10.1 Å². The van der Waals surface area contributed by atoms with Crippen molar-refractivity contribution < 1.29 is 4.74 Å². The van der Waals surface area contributed by atoms with Crippen molar-refractivity contribution in [2.45, 2.75) is 57.2 Å². The van der Waals surface area contributed by atoms with Crippen LogP contribution in [0.5, 0.6) is 0 Å². The van der Waals surface area contributed by atoms with Crippen LogP contribution in [-0.4, -0.2) is 18.7 Å². The molecule has 1 aromatic rings. The van der Waals surface area contributed by atoms with E-state index in [0.717, 1.165) is 19.4 Å². The van der Waals surface area contributed by atoms with E-state index >= 15 is 0 Å². The van der Waals surface area contributed by atoms with Crippen molar-refractivity contribution in [1.29, 1.82) is 0 Å². The first-order valence-corrected chi connectivity index (χ1v) is 7.09. The van der Waals surface area contributed by atoms with E-state index < -0.39 is 0 Å². The monoisotopic (exact) mass is 245 g/mol. The average molecular weight is 245 g/mol. The lowest BCUT2D eigenvalue weighted by atomic mass is 9.69. The molecule has 1 saturated heterocycles. The summed E-state index contributed by atoms with van der Waals surface area (Å²) >= 11 is 0. The van der Waals surface area contributed by atoms with Gasteiger partial charge in [-0.05, 0) is 29.4 Å². The molecule has 3 rings (SSSR count). The number of fused-ring (bicyclic) bond motifs is 3. The number of morpholine rings is 1. The Bertz CT molecular complexity index is 440. The molecule has 3 unspecified atom stereocenters. The lowest BCUT2D eigenvalue weighted by molar-refractivity contribution is -0.0443. The predicted molar refractivity (Wildman–Crippen MR) is 73.8 cm³/mol. The van der Waals surface area contributed by atoms with Gasteiger partial charge in [-0.25, -0.2) is 0 Å². The first-order valence-electron chi connectivity index (χ1n) is 7.09. The fraction of sp³-hybridized carbons (Fsp3) is 0.625. The van der Waals surface area contributed by atoms with Crippen molar-refractivity contribution >= 4 is 0 Å². The van der Waals surface area contributed by atoms with Gasteiger partial charge in [-0.2, -0.15) is 0 Å². The van der Waals surface area contributed by atoms with Crippen LogP contribution in [0.15, 0.2) is 24.3 Å². The van der Waals surface area contributed by atoms with Gasteiger partial charge in [-0.15, -0.1) is 0 Å². The van der Waals surface area contributed by atoms with E-state index in [2.05, 4.69) is 50.4 Å². The summed E-state index contributed by atoms with van der Waals surface area (Å²) in [6.07, 6.45) is 2.55. The standard InChI is InChI=1S/C16H23NO/c1-4-11-10-18-15-12-7-5-6-8-13(12)16(2,3)9-14(15)17-11/h5-8,11,14-15,17H,4,9-10H2,1-3H3. The summed E-state index contributed by atoms with van der Waals surface area (Å²) in [6, 6.07) is 9.77. The molecule has 0 spiro atoms. The highest BCUT2D eigenvalue weighted by atomic mass is 16.5. The fourth-order valence-corrected chi connectivity index (χ4v) is 3.50. The topological polar surface area (TPSA) is 21.3 Å². The molecule has 0 saturated carbocycles. The summed E-state index contributed by atoms with van der Waals surface area (Å²) < 4.78 is 6.14. The lowest BCUT2D eigenvalue weighted by Gasteiger charge is -2.47. The Kier molecular flexibility index (Phi) is 2.95. The number of ether oxygens (including phenoxy) is 1. The van der Waals surface area contributed by atoms with Crippen molar-refractivity contribution in [3.63, 3.8) is 0 Å². The molecule has 18 heavy (non-hydrogen) atoms. The largest absolute Gasteiger partial charge is 0.370 e. The van der Waals surface area contributed by atoms with Crippen LogP contribution >= 0.6 is 0 Å². The highest BCUT2D eigenvalue weighted by Crippen LogP contribution is 2.44. The third-order valence-electron chi connectivity index (χ3n) is 4.51. The van der Waals surface area contributed by atoms with Crippen molar-refractivity contribution in [3.8, 4) is 0 Å². The molecule has 1 fully saturated rings. The van der Waals surface area contributed by atoms with Gasteiger partial charge in [0.15, 0.2) is 0 Å². The van der Waals surface area contributed by atoms with E-state index in [1.165, 1.54) is 11.1 Å². The van der Waals surface area contributed by atoms with Gasteiger partial charge >= 0.3 is 0 Å². The zero-order valence-corrected chi connectivity index (χ0v) is 11.6. The van der Waals surface area contributed by atoms with Crippen LogP contribution in [0.2, 0.25) is 0 Å². The SMILES string of the molecule is CCC1COC2c3ccccc3C(C)(C)CC2N1. The molecule has 0 amide bonds. The van der Waals surface area contributed by atoms with Crippen LogP contribution < -0.4 is 5.32 Å². The zero-order chi connectivity index (χ0) is 12.8. The van der Waals surface area contributed by atoms with Crippen LogP contribution in [0.4, 0.5) is 0 Å². The molecule has 2 heteroatoms. The first kappa shape index (κ1) is 12.2. The van der Waals surface area contributed by atoms with Gasteiger partial charge in [0.1, 0.15) is 0 Å². The first-order chi connectivity index (χ1) is 8.62. The number of hydrogen-bond donors (Lipinski definition) is 1. The normalized spacial score (nSPS) is 33.6. The van der Waals surface area contributed by atoms with Crippen LogP contribution in [0.3, 0.4) is 0 Å². The number of rotatable bonds is 1. The highest BCUT2D eigenvalue weighted by Gasteiger charge is 2.42. The second kappa shape index (κ2) is 4.36.